The molecule has 1 heterocycles. The van der Waals surface area contributed by atoms with Gasteiger partial charge >= 0.3 is 5.97 Å². The van der Waals surface area contributed by atoms with E-state index in [4.69, 9.17) is 14.2 Å². The largest absolute Gasteiger partial charge is 0.497 e. The van der Waals surface area contributed by atoms with E-state index in [0.29, 0.717) is 18.8 Å². The van der Waals surface area contributed by atoms with Gasteiger partial charge < -0.3 is 19.5 Å². The predicted molar refractivity (Wildman–Crippen MR) is 67.3 cm³/mol. The average molecular weight is 251 g/mol. The van der Waals surface area contributed by atoms with Gasteiger partial charge in [-0.15, -0.1) is 0 Å². The Kier molecular flexibility index (Phi) is 3.60. The summed E-state index contributed by atoms with van der Waals surface area (Å²) in [5, 5.41) is 3.13. The molecule has 1 aliphatic rings. The summed E-state index contributed by atoms with van der Waals surface area (Å²) in [4.78, 5) is 11.7. The molecule has 0 radical (unpaired) electrons. The molecule has 1 N–H and O–H groups in total. The van der Waals surface area contributed by atoms with Crippen molar-refractivity contribution in [3.8, 4) is 11.5 Å². The van der Waals surface area contributed by atoms with E-state index in [1.807, 2.05) is 12.1 Å². The second kappa shape index (κ2) is 5.16. The molecule has 98 valence electrons. The van der Waals surface area contributed by atoms with Gasteiger partial charge in [0.2, 0.25) is 0 Å². The summed E-state index contributed by atoms with van der Waals surface area (Å²) in [5.74, 6) is 1.18. The standard InChI is InChI=1S/C13H17NO4/c1-4-18-13(15)11-7-9-10(14-11)5-8(16-2)6-12(9)17-3/h5-6,11,14H,4,7H2,1-3H3. The van der Waals surface area contributed by atoms with Gasteiger partial charge in [0.05, 0.1) is 20.8 Å². The summed E-state index contributed by atoms with van der Waals surface area (Å²) >= 11 is 0. The number of methoxy groups -OCH3 is 2. The van der Waals surface area contributed by atoms with E-state index in [-0.39, 0.29) is 12.0 Å². The van der Waals surface area contributed by atoms with Crippen molar-refractivity contribution in [2.75, 3.05) is 26.1 Å². The van der Waals surface area contributed by atoms with Crippen LogP contribution in [0.2, 0.25) is 0 Å². The zero-order chi connectivity index (χ0) is 13.1. The first-order chi connectivity index (χ1) is 8.69. The normalized spacial score (nSPS) is 16.7. The number of nitrogens with one attached hydrogen (secondary N) is 1. The van der Waals surface area contributed by atoms with Crippen molar-refractivity contribution in [2.45, 2.75) is 19.4 Å². The third kappa shape index (κ3) is 2.20. The number of carbonyl (C=O) groups excluding carboxylic acids is 1. The van der Waals surface area contributed by atoms with Crippen molar-refractivity contribution < 1.29 is 19.0 Å². The van der Waals surface area contributed by atoms with E-state index in [9.17, 15) is 4.79 Å². The Hall–Kier alpha value is -1.91. The first-order valence-electron chi connectivity index (χ1n) is 5.87. The van der Waals surface area contributed by atoms with Crippen LogP contribution in [0.25, 0.3) is 0 Å². The van der Waals surface area contributed by atoms with Gasteiger partial charge in [-0.3, -0.25) is 0 Å². The van der Waals surface area contributed by atoms with Gasteiger partial charge in [-0.1, -0.05) is 0 Å². The fourth-order valence-electron chi connectivity index (χ4n) is 2.09. The van der Waals surface area contributed by atoms with Gasteiger partial charge in [0.15, 0.2) is 0 Å². The molecule has 1 aromatic carbocycles. The Labute approximate surface area is 106 Å². The first kappa shape index (κ1) is 12.5. The minimum Gasteiger partial charge on any atom is -0.497 e. The minimum atomic E-state index is -0.346. The summed E-state index contributed by atoms with van der Waals surface area (Å²) in [6.07, 6.45) is 0.571. The number of rotatable bonds is 4. The highest BCUT2D eigenvalue weighted by atomic mass is 16.5. The van der Waals surface area contributed by atoms with E-state index in [2.05, 4.69) is 5.32 Å². The SMILES string of the molecule is CCOC(=O)C1Cc2c(cc(OC)cc2OC)N1. The molecule has 1 aliphatic heterocycles. The molecule has 0 amide bonds. The number of fused-ring (bicyclic) bond motifs is 1. The molecule has 0 saturated heterocycles. The summed E-state index contributed by atoms with van der Waals surface area (Å²) in [5.41, 5.74) is 1.85. The Morgan fingerprint density at radius 2 is 2.17 bits per heavy atom. The molecule has 18 heavy (non-hydrogen) atoms. The van der Waals surface area contributed by atoms with E-state index in [1.165, 1.54) is 0 Å². The molecule has 1 atom stereocenters. The molecule has 0 fully saturated rings. The lowest BCUT2D eigenvalue weighted by molar-refractivity contribution is -0.143. The number of ether oxygens (including phenoxy) is 3. The quantitative estimate of drug-likeness (QED) is 0.824. The summed E-state index contributed by atoms with van der Waals surface area (Å²) in [6, 6.07) is 3.33. The lowest BCUT2D eigenvalue weighted by atomic mass is 10.1. The summed E-state index contributed by atoms with van der Waals surface area (Å²) < 4.78 is 15.5. The Morgan fingerprint density at radius 1 is 1.39 bits per heavy atom. The Morgan fingerprint density at radius 3 is 2.78 bits per heavy atom. The molecule has 1 aromatic rings. The third-order valence-electron chi connectivity index (χ3n) is 2.95. The van der Waals surface area contributed by atoms with Crippen LogP contribution in [0.5, 0.6) is 11.5 Å². The number of hydrogen-bond donors (Lipinski definition) is 1. The highest BCUT2D eigenvalue weighted by Gasteiger charge is 2.30. The van der Waals surface area contributed by atoms with Crippen LogP contribution in [0.15, 0.2) is 12.1 Å². The lowest BCUT2D eigenvalue weighted by Gasteiger charge is -2.09. The van der Waals surface area contributed by atoms with Crippen LogP contribution in [0.3, 0.4) is 0 Å². The van der Waals surface area contributed by atoms with Crippen LogP contribution >= 0.6 is 0 Å². The lowest BCUT2D eigenvalue weighted by Crippen LogP contribution is -2.28. The summed E-state index contributed by atoms with van der Waals surface area (Å²) in [6.45, 7) is 2.18. The molecule has 5 nitrogen and oxygen atoms in total. The fourth-order valence-corrected chi connectivity index (χ4v) is 2.09. The molecule has 0 bridgehead atoms. The second-order valence-electron chi connectivity index (χ2n) is 4.01. The number of hydrogen-bond acceptors (Lipinski definition) is 5. The second-order valence-corrected chi connectivity index (χ2v) is 4.01. The van der Waals surface area contributed by atoms with Gasteiger partial charge in [-0.05, 0) is 6.92 Å². The molecular weight excluding hydrogens is 234 g/mol. The molecule has 0 spiro atoms. The van der Waals surface area contributed by atoms with E-state index in [0.717, 1.165) is 17.0 Å². The van der Waals surface area contributed by atoms with Crippen LogP contribution in [0.1, 0.15) is 12.5 Å². The third-order valence-corrected chi connectivity index (χ3v) is 2.95. The minimum absolute atomic E-state index is 0.241. The van der Waals surface area contributed by atoms with E-state index >= 15 is 0 Å². The smallest absolute Gasteiger partial charge is 0.328 e. The zero-order valence-corrected chi connectivity index (χ0v) is 10.8. The highest BCUT2D eigenvalue weighted by Crippen LogP contribution is 2.37. The van der Waals surface area contributed by atoms with Gasteiger partial charge in [0, 0.05) is 29.8 Å². The van der Waals surface area contributed by atoms with Crippen LogP contribution in [-0.2, 0) is 16.0 Å². The highest BCUT2D eigenvalue weighted by molar-refractivity contribution is 5.84. The number of benzene rings is 1. The maximum Gasteiger partial charge on any atom is 0.328 e. The van der Waals surface area contributed by atoms with Gasteiger partial charge in [0.1, 0.15) is 17.5 Å². The van der Waals surface area contributed by atoms with Crippen molar-refractivity contribution in [1.29, 1.82) is 0 Å². The molecule has 5 heteroatoms. The maximum atomic E-state index is 11.7. The van der Waals surface area contributed by atoms with Crippen molar-refractivity contribution in [2.24, 2.45) is 0 Å². The zero-order valence-electron chi connectivity index (χ0n) is 10.8. The van der Waals surface area contributed by atoms with Crippen molar-refractivity contribution in [3.05, 3.63) is 17.7 Å². The number of carbonyl (C=O) groups is 1. The molecule has 0 aliphatic carbocycles. The monoisotopic (exact) mass is 251 g/mol. The number of anilines is 1. The van der Waals surface area contributed by atoms with Crippen LogP contribution in [0.4, 0.5) is 5.69 Å². The predicted octanol–water partition coefficient (Wildman–Crippen LogP) is 1.60. The average Bonchev–Trinajstić information content (AvgIpc) is 2.81. The van der Waals surface area contributed by atoms with E-state index in [1.54, 1.807) is 21.1 Å². The van der Waals surface area contributed by atoms with Crippen LogP contribution in [0, 0.1) is 0 Å². The molecular formula is C13H17NO4. The van der Waals surface area contributed by atoms with Crippen LogP contribution in [-0.4, -0.2) is 32.8 Å². The van der Waals surface area contributed by atoms with Gasteiger partial charge in [0.25, 0.3) is 0 Å². The van der Waals surface area contributed by atoms with E-state index < -0.39 is 0 Å². The Balaban J connectivity index is 2.25. The van der Waals surface area contributed by atoms with Crippen molar-refractivity contribution in [3.63, 3.8) is 0 Å². The number of esters is 1. The maximum absolute atomic E-state index is 11.7. The topological polar surface area (TPSA) is 56.8 Å². The Bertz CT molecular complexity index is 459. The van der Waals surface area contributed by atoms with Crippen molar-refractivity contribution >= 4 is 11.7 Å². The molecule has 2 rings (SSSR count). The molecule has 0 saturated carbocycles. The summed E-state index contributed by atoms with van der Waals surface area (Å²) in [7, 11) is 3.20. The molecule has 1 unspecified atom stereocenters. The van der Waals surface area contributed by atoms with Gasteiger partial charge in [-0.25, -0.2) is 4.79 Å². The first-order valence-corrected chi connectivity index (χ1v) is 5.87. The van der Waals surface area contributed by atoms with Gasteiger partial charge in [-0.2, -0.15) is 0 Å². The molecule has 0 aromatic heterocycles. The fraction of sp³-hybridized carbons (Fsp3) is 0.462. The van der Waals surface area contributed by atoms with Crippen LogP contribution < -0.4 is 14.8 Å². The van der Waals surface area contributed by atoms with Crippen molar-refractivity contribution in [1.82, 2.24) is 0 Å².